The van der Waals surface area contributed by atoms with E-state index in [9.17, 15) is 9.90 Å². The van der Waals surface area contributed by atoms with Gasteiger partial charge in [0.05, 0.1) is 23.7 Å². The average molecular weight is 338 g/mol. The summed E-state index contributed by atoms with van der Waals surface area (Å²) in [4.78, 5) is 12.7. The van der Waals surface area contributed by atoms with Crippen LogP contribution in [0.2, 0.25) is 0 Å². The Bertz CT molecular complexity index is 622. The molecule has 0 amide bonds. The molecule has 2 rings (SSSR count). The van der Waals surface area contributed by atoms with Crippen LogP contribution in [0.3, 0.4) is 0 Å². The van der Waals surface area contributed by atoms with E-state index in [4.69, 9.17) is 26.3 Å². The summed E-state index contributed by atoms with van der Waals surface area (Å²) in [5.74, 6) is -1.10. The van der Waals surface area contributed by atoms with Gasteiger partial charge in [-0.2, -0.15) is 5.26 Å². The Morgan fingerprint density at radius 3 is 2.52 bits per heavy atom. The van der Waals surface area contributed by atoms with E-state index in [1.165, 1.54) is 0 Å². The number of nitriles is 1. The fraction of sp³-hybridized carbons (Fsp3) is 0.529. The van der Waals surface area contributed by atoms with E-state index in [2.05, 4.69) is 0 Å². The van der Waals surface area contributed by atoms with Crippen molar-refractivity contribution in [3.05, 3.63) is 35.4 Å². The lowest BCUT2D eigenvalue weighted by Crippen LogP contribution is -2.44. The van der Waals surface area contributed by atoms with Gasteiger partial charge in [-0.25, -0.2) is 0 Å². The van der Waals surface area contributed by atoms with Crippen LogP contribution in [0.5, 0.6) is 0 Å². The van der Waals surface area contributed by atoms with Gasteiger partial charge in [-0.15, -0.1) is 11.6 Å². The Balaban J connectivity index is 2.25. The molecule has 0 radical (unpaired) electrons. The van der Waals surface area contributed by atoms with E-state index in [0.29, 0.717) is 11.1 Å². The van der Waals surface area contributed by atoms with Crippen LogP contribution < -0.4 is 0 Å². The first-order valence-corrected chi connectivity index (χ1v) is 7.90. The highest BCUT2D eigenvalue weighted by Crippen LogP contribution is 2.47. The zero-order valence-electron chi connectivity index (χ0n) is 13.4. The number of ether oxygens (including phenoxy) is 2. The standard InChI is InChI=1S/C17H20ClNO4/c1-16(2)15(21)14(23-17(16,3)22-9-8-18)13(20)12-6-4-11(10-19)5-7-12/h4-7,13-14,20H,8-9H2,1-3H3. The summed E-state index contributed by atoms with van der Waals surface area (Å²) in [7, 11) is 0. The molecular weight excluding hydrogens is 318 g/mol. The highest BCUT2D eigenvalue weighted by molar-refractivity contribution is 6.17. The van der Waals surface area contributed by atoms with Crippen molar-refractivity contribution in [1.82, 2.24) is 0 Å². The molecule has 23 heavy (non-hydrogen) atoms. The average Bonchev–Trinajstić information content (AvgIpc) is 2.73. The van der Waals surface area contributed by atoms with Crippen LogP contribution in [0.1, 0.15) is 38.0 Å². The largest absolute Gasteiger partial charge is 0.385 e. The number of ketones is 1. The second-order valence-corrected chi connectivity index (χ2v) is 6.57. The summed E-state index contributed by atoms with van der Waals surface area (Å²) < 4.78 is 11.5. The monoisotopic (exact) mass is 337 g/mol. The third kappa shape index (κ3) is 3.13. The minimum absolute atomic E-state index is 0.230. The molecule has 3 atom stereocenters. The van der Waals surface area contributed by atoms with Gasteiger partial charge >= 0.3 is 0 Å². The third-order valence-electron chi connectivity index (χ3n) is 4.48. The number of aliphatic hydroxyl groups excluding tert-OH is 1. The molecular formula is C17H20ClNO4. The summed E-state index contributed by atoms with van der Waals surface area (Å²) in [5.41, 5.74) is 0.0760. The minimum atomic E-state index is -1.16. The summed E-state index contributed by atoms with van der Waals surface area (Å²) in [6.07, 6.45) is -2.16. The van der Waals surface area contributed by atoms with Gasteiger partial charge in [-0.1, -0.05) is 12.1 Å². The zero-order chi connectivity index (χ0) is 17.3. The summed E-state index contributed by atoms with van der Waals surface area (Å²) >= 11 is 5.65. The quantitative estimate of drug-likeness (QED) is 0.835. The van der Waals surface area contributed by atoms with Gasteiger partial charge in [-0.3, -0.25) is 4.79 Å². The molecule has 1 aliphatic rings. The van der Waals surface area contributed by atoms with E-state index >= 15 is 0 Å². The first-order chi connectivity index (χ1) is 10.8. The Kier molecular flexibility index (Phi) is 5.12. The molecule has 0 bridgehead atoms. The molecule has 124 valence electrons. The molecule has 1 aromatic carbocycles. The Morgan fingerprint density at radius 1 is 1.39 bits per heavy atom. The summed E-state index contributed by atoms with van der Waals surface area (Å²) in [6.45, 7) is 5.39. The molecule has 0 aromatic heterocycles. The molecule has 0 aliphatic carbocycles. The first-order valence-electron chi connectivity index (χ1n) is 7.37. The van der Waals surface area contributed by atoms with Gasteiger partial charge in [0.2, 0.25) is 0 Å². The fourth-order valence-electron chi connectivity index (χ4n) is 2.61. The maximum Gasteiger partial charge on any atom is 0.178 e. The van der Waals surface area contributed by atoms with Crippen molar-refractivity contribution in [3.63, 3.8) is 0 Å². The number of rotatable bonds is 5. The van der Waals surface area contributed by atoms with Crippen LogP contribution in [-0.2, 0) is 14.3 Å². The number of carbonyl (C=O) groups excluding carboxylic acids is 1. The molecule has 1 heterocycles. The van der Waals surface area contributed by atoms with Gasteiger partial charge in [0, 0.05) is 5.88 Å². The second-order valence-electron chi connectivity index (χ2n) is 6.19. The topological polar surface area (TPSA) is 79.5 Å². The lowest BCUT2D eigenvalue weighted by molar-refractivity contribution is -0.257. The maximum absolute atomic E-state index is 12.7. The van der Waals surface area contributed by atoms with E-state index < -0.39 is 23.4 Å². The van der Waals surface area contributed by atoms with E-state index in [1.54, 1.807) is 45.0 Å². The van der Waals surface area contributed by atoms with Gasteiger partial charge in [0.25, 0.3) is 0 Å². The number of halogens is 1. The van der Waals surface area contributed by atoms with Gasteiger partial charge < -0.3 is 14.6 Å². The highest BCUT2D eigenvalue weighted by atomic mass is 35.5. The van der Waals surface area contributed by atoms with Crippen LogP contribution in [0, 0.1) is 16.7 Å². The number of hydrogen-bond acceptors (Lipinski definition) is 5. The minimum Gasteiger partial charge on any atom is -0.385 e. The van der Waals surface area contributed by atoms with Crippen molar-refractivity contribution in [2.45, 2.75) is 38.8 Å². The molecule has 0 spiro atoms. The van der Waals surface area contributed by atoms with Crippen LogP contribution >= 0.6 is 11.6 Å². The molecule has 1 aliphatic heterocycles. The van der Waals surface area contributed by atoms with Crippen molar-refractivity contribution in [3.8, 4) is 6.07 Å². The van der Waals surface area contributed by atoms with Crippen molar-refractivity contribution < 1.29 is 19.4 Å². The van der Waals surface area contributed by atoms with E-state index in [1.807, 2.05) is 6.07 Å². The number of benzene rings is 1. The van der Waals surface area contributed by atoms with E-state index in [0.717, 1.165) is 0 Å². The lowest BCUT2D eigenvalue weighted by Gasteiger charge is -2.34. The van der Waals surface area contributed by atoms with Gasteiger partial charge in [0.15, 0.2) is 11.6 Å². The highest BCUT2D eigenvalue weighted by Gasteiger charge is 2.60. The lowest BCUT2D eigenvalue weighted by atomic mass is 9.79. The predicted octanol–water partition coefficient (Wildman–Crippen LogP) is 2.56. The number of hydrogen-bond donors (Lipinski definition) is 1. The van der Waals surface area contributed by atoms with Gasteiger partial charge in [-0.05, 0) is 38.5 Å². The van der Waals surface area contributed by atoms with E-state index in [-0.39, 0.29) is 18.3 Å². The zero-order valence-corrected chi connectivity index (χ0v) is 14.1. The maximum atomic E-state index is 12.7. The predicted molar refractivity (Wildman–Crippen MR) is 84.9 cm³/mol. The number of carbonyl (C=O) groups is 1. The van der Waals surface area contributed by atoms with Crippen molar-refractivity contribution in [2.24, 2.45) is 5.41 Å². The second kappa shape index (κ2) is 6.58. The van der Waals surface area contributed by atoms with Crippen molar-refractivity contribution >= 4 is 17.4 Å². The number of aliphatic hydroxyl groups is 1. The number of Topliss-reactive ketones (excluding diaryl/α,β-unsaturated/α-hetero) is 1. The first kappa shape index (κ1) is 17.9. The smallest absolute Gasteiger partial charge is 0.178 e. The molecule has 5 nitrogen and oxygen atoms in total. The summed E-state index contributed by atoms with van der Waals surface area (Å²) in [6, 6.07) is 8.41. The van der Waals surface area contributed by atoms with Crippen LogP contribution in [-0.4, -0.2) is 35.3 Å². The SMILES string of the molecule is CC1(OCCCl)OC(C(O)c2ccc(C#N)cc2)C(=O)C1(C)C. The molecule has 1 saturated heterocycles. The van der Waals surface area contributed by atoms with Crippen LogP contribution in [0.15, 0.2) is 24.3 Å². The molecule has 1 fully saturated rings. The van der Waals surface area contributed by atoms with Crippen LogP contribution in [0.25, 0.3) is 0 Å². The molecule has 1 N–H and O–H groups in total. The summed E-state index contributed by atoms with van der Waals surface area (Å²) in [5, 5.41) is 19.4. The van der Waals surface area contributed by atoms with Crippen LogP contribution in [0.4, 0.5) is 0 Å². The Morgan fingerprint density at radius 2 is 2.00 bits per heavy atom. The number of nitrogens with zero attached hydrogens (tertiary/aromatic N) is 1. The third-order valence-corrected chi connectivity index (χ3v) is 4.64. The normalized spacial score (nSPS) is 27.7. The molecule has 1 aromatic rings. The Hall–Kier alpha value is -1.45. The fourth-order valence-corrected chi connectivity index (χ4v) is 2.68. The molecule has 6 heteroatoms. The number of alkyl halides is 1. The van der Waals surface area contributed by atoms with Gasteiger partial charge in [0.1, 0.15) is 12.2 Å². The molecule has 3 unspecified atom stereocenters. The van der Waals surface area contributed by atoms with Crippen molar-refractivity contribution in [1.29, 1.82) is 5.26 Å². The Labute approximate surface area is 140 Å². The van der Waals surface area contributed by atoms with Crippen molar-refractivity contribution in [2.75, 3.05) is 12.5 Å². The molecule has 0 saturated carbocycles.